The first-order chi connectivity index (χ1) is 10.5. The van der Waals surface area contributed by atoms with Gasteiger partial charge in [0.1, 0.15) is 10.7 Å². The predicted molar refractivity (Wildman–Crippen MR) is 88.3 cm³/mol. The third-order valence-corrected chi connectivity index (χ3v) is 4.06. The molecule has 6 heteroatoms. The van der Waals surface area contributed by atoms with Crippen molar-refractivity contribution in [3.05, 3.63) is 56.4 Å². The topological polar surface area (TPSA) is 67.5 Å². The van der Waals surface area contributed by atoms with Crippen molar-refractivity contribution in [3.63, 3.8) is 0 Å². The monoisotopic (exact) mass is 313 g/mol. The van der Waals surface area contributed by atoms with Gasteiger partial charge in [-0.1, -0.05) is 19.9 Å². The van der Waals surface area contributed by atoms with E-state index in [0.717, 1.165) is 22.3 Å². The van der Waals surface area contributed by atoms with Crippen molar-refractivity contribution >= 4 is 29.1 Å². The van der Waals surface area contributed by atoms with Gasteiger partial charge in [-0.05, 0) is 29.7 Å². The molecule has 112 valence electrons. The predicted octanol–water partition coefficient (Wildman–Crippen LogP) is 3.15. The van der Waals surface area contributed by atoms with Crippen molar-refractivity contribution in [1.82, 2.24) is 14.4 Å². The summed E-state index contributed by atoms with van der Waals surface area (Å²) in [7, 11) is 0. The molecule has 22 heavy (non-hydrogen) atoms. The van der Waals surface area contributed by atoms with Crippen LogP contribution in [-0.2, 0) is 0 Å². The minimum atomic E-state index is -0.306. The zero-order chi connectivity index (χ0) is 15.7. The van der Waals surface area contributed by atoms with E-state index >= 15 is 0 Å². The fraction of sp³-hybridized carbons (Fsp3) is 0.188. The summed E-state index contributed by atoms with van der Waals surface area (Å²) in [5, 5.41) is 12.4. The van der Waals surface area contributed by atoms with Gasteiger partial charge in [-0.2, -0.15) is 4.98 Å². The number of fused-ring (bicyclic) bond motifs is 1. The quantitative estimate of drug-likeness (QED) is 0.806. The molecule has 0 unspecified atom stereocenters. The van der Waals surface area contributed by atoms with Gasteiger partial charge < -0.3 is 5.11 Å². The number of hydrogen-bond donors (Lipinski definition) is 1. The summed E-state index contributed by atoms with van der Waals surface area (Å²) < 4.78 is 1.39. The summed E-state index contributed by atoms with van der Waals surface area (Å²) in [5.41, 5.74) is 2.08. The number of nitrogens with zero attached hydrogens (tertiary/aromatic N) is 3. The lowest BCUT2D eigenvalue weighted by atomic mass is 10.2. The Bertz CT molecular complexity index is 909. The Morgan fingerprint density at radius 2 is 2.09 bits per heavy atom. The van der Waals surface area contributed by atoms with E-state index in [0.29, 0.717) is 11.6 Å². The second kappa shape index (κ2) is 5.73. The molecule has 3 heterocycles. The molecule has 0 fully saturated rings. The van der Waals surface area contributed by atoms with Crippen LogP contribution in [0.15, 0.2) is 34.6 Å². The number of aromatic hydroxyl groups is 1. The van der Waals surface area contributed by atoms with E-state index in [2.05, 4.69) is 29.2 Å². The van der Waals surface area contributed by atoms with Crippen LogP contribution in [0.1, 0.15) is 36.0 Å². The molecule has 3 aromatic rings. The molecule has 3 aromatic heterocycles. The van der Waals surface area contributed by atoms with Gasteiger partial charge in [-0.3, -0.25) is 9.20 Å². The molecule has 0 aliphatic heterocycles. The summed E-state index contributed by atoms with van der Waals surface area (Å²) in [4.78, 5) is 20.2. The van der Waals surface area contributed by atoms with Crippen molar-refractivity contribution in [1.29, 1.82) is 0 Å². The maximum atomic E-state index is 11.7. The maximum absolute atomic E-state index is 11.7. The number of hydrogen-bond acceptors (Lipinski definition) is 5. The number of rotatable bonds is 3. The standard InChI is InChI=1S/C16H15N3O2S/c1-10(2)12-9-22-15(17-12)4-3-11-5-6-19-13(7-11)18-14(20)8-16(19)21/h3-10,20H,1-2H3. The normalized spacial score (nSPS) is 11.8. The van der Waals surface area contributed by atoms with Gasteiger partial charge in [0.15, 0.2) is 0 Å². The Kier molecular flexibility index (Phi) is 3.77. The van der Waals surface area contributed by atoms with Gasteiger partial charge in [0.05, 0.1) is 11.8 Å². The van der Waals surface area contributed by atoms with Gasteiger partial charge in [-0.15, -0.1) is 11.3 Å². The largest absolute Gasteiger partial charge is 0.493 e. The van der Waals surface area contributed by atoms with Crippen LogP contribution >= 0.6 is 11.3 Å². The van der Waals surface area contributed by atoms with E-state index in [-0.39, 0.29) is 11.4 Å². The Labute approximate surface area is 131 Å². The Morgan fingerprint density at radius 1 is 1.27 bits per heavy atom. The lowest BCUT2D eigenvalue weighted by Gasteiger charge is -2.01. The smallest absolute Gasteiger partial charge is 0.261 e. The molecule has 0 aromatic carbocycles. The molecule has 0 saturated heterocycles. The summed E-state index contributed by atoms with van der Waals surface area (Å²) in [6.07, 6.45) is 5.49. The van der Waals surface area contributed by atoms with Gasteiger partial charge in [0.25, 0.3) is 5.56 Å². The highest BCUT2D eigenvalue weighted by Gasteiger charge is 2.04. The maximum Gasteiger partial charge on any atom is 0.261 e. The molecule has 0 spiro atoms. The van der Waals surface area contributed by atoms with E-state index in [9.17, 15) is 9.90 Å². The molecule has 0 radical (unpaired) electrons. The SMILES string of the molecule is CC(C)c1csc(C=Cc2ccn3c(=O)cc(O)nc3c2)n1. The zero-order valence-electron chi connectivity index (χ0n) is 12.2. The molecular weight excluding hydrogens is 298 g/mol. The molecule has 3 rings (SSSR count). The summed E-state index contributed by atoms with van der Waals surface area (Å²) in [5.74, 6) is 0.144. The van der Waals surface area contributed by atoms with Crippen LogP contribution in [0, 0.1) is 0 Å². The minimum absolute atomic E-state index is 0.271. The van der Waals surface area contributed by atoms with Gasteiger partial charge >= 0.3 is 0 Å². The molecule has 0 aliphatic carbocycles. The fourth-order valence-corrected chi connectivity index (χ4v) is 2.89. The van der Waals surface area contributed by atoms with Crippen molar-refractivity contribution in [2.45, 2.75) is 19.8 Å². The molecule has 0 atom stereocenters. The molecule has 0 aliphatic rings. The second-order valence-electron chi connectivity index (χ2n) is 5.24. The molecule has 5 nitrogen and oxygen atoms in total. The van der Waals surface area contributed by atoms with E-state index < -0.39 is 0 Å². The van der Waals surface area contributed by atoms with Crippen LogP contribution in [0.4, 0.5) is 0 Å². The van der Waals surface area contributed by atoms with E-state index in [4.69, 9.17) is 0 Å². The van der Waals surface area contributed by atoms with Crippen LogP contribution in [-0.4, -0.2) is 19.5 Å². The van der Waals surface area contributed by atoms with Crippen LogP contribution < -0.4 is 5.56 Å². The average Bonchev–Trinajstić information content (AvgIpc) is 2.93. The van der Waals surface area contributed by atoms with E-state index in [1.807, 2.05) is 18.2 Å². The first-order valence-electron chi connectivity index (χ1n) is 6.89. The van der Waals surface area contributed by atoms with Gasteiger partial charge in [0, 0.05) is 11.6 Å². The first-order valence-corrected chi connectivity index (χ1v) is 7.77. The lowest BCUT2D eigenvalue weighted by molar-refractivity contribution is 0.453. The highest BCUT2D eigenvalue weighted by molar-refractivity contribution is 7.10. The summed E-state index contributed by atoms with van der Waals surface area (Å²) >= 11 is 1.60. The van der Waals surface area contributed by atoms with Gasteiger partial charge in [0.2, 0.25) is 5.88 Å². The minimum Gasteiger partial charge on any atom is -0.493 e. The van der Waals surface area contributed by atoms with Crippen molar-refractivity contribution in [2.75, 3.05) is 0 Å². The Hall–Kier alpha value is -2.47. The van der Waals surface area contributed by atoms with Crippen molar-refractivity contribution in [3.8, 4) is 5.88 Å². The number of aromatic nitrogens is 3. The highest BCUT2D eigenvalue weighted by atomic mass is 32.1. The van der Waals surface area contributed by atoms with Crippen molar-refractivity contribution in [2.24, 2.45) is 0 Å². The summed E-state index contributed by atoms with van der Waals surface area (Å²) in [6.45, 7) is 4.23. The molecular formula is C16H15N3O2S. The van der Waals surface area contributed by atoms with Crippen LogP contribution in [0.25, 0.3) is 17.8 Å². The molecule has 0 bridgehead atoms. The van der Waals surface area contributed by atoms with E-state index in [1.54, 1.807) is 23.6 Å². The van der Waals surface area contributed by atoms with Crippen LogP contribution in [0.3, 0.4) is 0 Å². The third kappa shape index (κ3) is 2.92. The molecule has 0 saturated carbocycles. The molecule has 1 N–H and O–H groups in total. The third-order valence-electron chi connectivity index (χ3n) is 3.23. The fourth-order valence-electron chi connectivity index (χ4n) is 2.02. The lowest BCUT2D eigenvalue weighted by Crippen LogP contribution is -2.12. The first kappa shape index (κ1) is 14.5. The average molecular weight is 313 g/mol. The second-order valence-corrected chi connectivity index (χ2v) is 6.13. The number of thiazole rings is 1. The highest BCUT2D eigenvalue weighted by Crippen LogP contribution is 2.19. The zero-order valence-corrected chi connectivity index (χ0v) is 13.0. The number of pyridine rings is 1. The van der Waals surface area contributed by atoms with E-state index in [1.165, 1.54) is 4.40 Å². The van der Waals surface area contributed by atoms with Crippen LogP contribution in [0.2, 0.25) is 0 Å². The summed E-state index contributed by atoms with van der Waals surface area (Å²) in [6, 6.07) is 4.65. The van der Waals surface area contributed by atoms with Crippen molar-refractivity contribution < 1.29 is 5.11 Å². The van der Waals surface area contributed by atoms with Gasteiger partial charge in [-0.25, -0.2) is 4.98 Å². The Morgan fingerprint density at radius 3 is 2.82 bits per heavy atom. The van der Waals surface area contributed by atoms with Crippen LogP contribution in [0.5, 0.6) is 5.88 Å². The Balaban J connectivity index is 1.93. The molecule has 0 amide bonds.